The van der Waals surface area contributed by atoms with Crippen molar-refractivity contribution in [1.82, 2.24) is 10.2 Å². The molecule has 0 radical (unpaired) electrons. The molecule has 2 rings (SSSR count). The molecule has 1 N–H and O–H groups in total. The van der Waals surface area contributed by atoms with Gasteiger partial charge < -0.3 is 14.8 Å². The second kappa shape index (κ2) is 8.25. The van der Waals surface area contributed by atoms with Gasteiger partial charge in [-0.1, -0.05) is 12.1 Å². The van der Waals surface area contributed by atoms with Gasteiger partial charge in [0.15, 0.2) is 0 Å². The van der Waals surface area contributed by atoms with Crippen LogP contribution in [0, 0.1) is 0 Å². The van der Waals surface area contributed by atoms with Crippen LogP contribution < -0.4 is 10.1 Å². The van der Waals surface area contributed by atoms with Crippen LogP contribution in [0.15, 0.2) is 24.3 Å². The summed E-state index contributed by atoms with van der Waals surface area (Å²) in [6.07, 6.45) is 2.72. The van der Waals surface area contributed by atoms with Gasteiger partial charge in [-0.15, -0.1) is 0 Å². The first-order chi connectivity index (χ1) is 9.78. The van der Waals surface area contributed by atoms with Crippen molar-refractivity contribution >= 4 is 0 Å². The molecule has 112 valence electrons. The number of hydrogen-bond acceptors (Lipinski definition) is 4. The molecule has 0 amide bonds. The molecule has 4 heteroatoms. The predicted molar refractivity (Wildman–Crippen MR) is 81.2 cm³/mol. The Morgan fingerprint density at radius 3 is 2.85 bits per heavy atom. The molecule has 1 aliphatic rings. The van der Waals surface area contributed by atoms with Crippen LogP contribution in [0.4, 0.5) is 0 Å². The predicted octanol–water partition coefficient (Wildman–Crippen LogP) is 1.90. The third-order valence-corrected chi connectivity index (χ3v) is 3.70. The SMILES string of the molecule is COc1cccc(CN(C)CCOC2CCNCC2)c1. The summed E-state index contributed by atoms with van der Waals surface area (Å²) in [6, 6.07) is 8.23. The average Bonchev–Trinajstić information content (AvgIpc) is 2.48. The first-order valence-corrected chi connectivity index (χ1v) is 7.41. The van der Waals surface area contributed by atoms with Gasteiger partial charge in [0.05, 0.1) is 19.8 Å². The third kappa shape index (κ3) is 5.12. The maximum Gasteiger partial charge on any atom is 0.119 e. The molecule has 4 nitrogen and oxygen atoms in total. The molecule has 1 aliphatic heterocycles. The second-order valence-electron chi connectivity index (χ2n) is 5.41. The number of ether oxygens (including phenoxy) is 2. The van der Waals surface area contributed by atoms with Gasteiger partial charge >= 0.3 is 0 Å². The van der Waals surface area contributed by atoms with Gasteiger partial charge in [0, 0.05) is 13.1 Å². The van der Waals surface area contributed by atoms with Crippen LogP contribution in [0.1, 0.15) is 18.4 Å². The van der Waals surface area contributed by atoms with Gasteiger partial charge in [0.1, 0.15) is 5.75 Å². The lowest BCUT2D eigenvalue weighted by molar-refractivity contribution is 0.0224. The van der Waals surface area contributed by atoms with Crippen LogP contribution in [-0.2, 0) is 11.3 Å². The normalized spacial score (nSPS) is 16.6. The van der Waals surface area contributed by atoms with E-state index in [4.69, 9.17) is 9.47 Å². The molecule has 0 saturated carbocycles. The molecular weight excluding hydrogens is 252 g/mol. The Kier molecular flexibility index (Phi) is 6.30. The lowest BCUT2D eigenvalue weighted by Crippen LogP contribution is -2.34. The Hall–Kier alpha value is -1.10. The zero-order valence-electron chi connectivity index (χ0n) is 12.6. The van der Waals surface area contributed by atoms with Crippen molar-refractivity contribution in [2.45, 2.75) is 25.5 Å². The third-order valence-electron chi connectivity index (χ3n) is 3.70. The van der Waals surface area contributed by atoms with E-state index in [0.717, 1.165) is 51.4 Å². The van der Waals surface area contributed by atoms with Crippen LogP contribution in [0.3, 0.4) is 0 Å². The number of nitrogens with zero attached hydrogens (tertiary/aromatic N) is 1. The maximum atomic E-state index is 5.93. The van der Waals surface area contributed by atoms with Gasteiger partial charge in [0.25, 0.3) is 0 Å². The van der Waals surface area contributed by atoms with Crippen molar-refractivity contribution in [3.63, 3.8) is 0 Å². The van der Waals surface area contributed by atoms with E-state index in [1.165, 1.54) is 5.56 Å². The fourth-order valence-corrected chi connectivity index (χ4v) is 2.50. The molecular formula is C16H26N2O2. The van der Waals surface area contributed by atoms with Gasteiger partial charge in [-0.05, 0) is 50.7 Å². The van der Waals surface area contributed by atoms with Crippen molar-refractivity contribution in [1.29, 1.82) is 0 Å². The Balaban J connectivity index is 1.67. The first kappa shape index (κ1) is 15.3. The Morgan fingerprint density at radius 2 is 2.10 bits per heavy atom. The molecule has 1 aromatic rings. The van der Waals surface area contributed by atoms with Gasteiger partial charge in [0.2, 0.25) is 0 Å². The summed E-state index contributed by atoms with van der Waals surface area (Å²) in [6.45, 7) is 4.87. The van der Waals surface area contributed by atoms with E-state index in [1.807, 2.05) is 12.1 Å². The van der Waals surface area contributed by atoms with E-state index < -0.39 is 0 Å². The summed E-state index contributed by atoms with van der Waals surface area (Å²) in [5.74, 6) is 0.918. The quantitative estimate of drug-likeness (QED) is 0.826. The van der Waals surface area contributed by atoms with E-state index in [9.17, 15) is 0 Å². The van der Waals surface area contributed by atoms with Crippen LogP contribution in [0.5, 0.6) is 5.75 Å². The van der Waals surface area contributed by atoms with Gasteiger partial charge in [-0.25, -0.2) is 0 Å². The summed E-state index contributed by atoms with van der Waals surface area (Å²) < 4.78 is 11.2. The number of benzene rings is 1. The molecule has 0 aliphatic carbocycles. The van der Waals surface area contributed by atoms with Gasteiger partial charge in [-0.3, -0.25) is 4.90 Å². The molecule has 1 heterocycles. The highest BCUT2D eigenvalue weighted by atomic mass is 16.5. The van der Waals surface area contributed by atoms with Crippen molar-refractivity contribution in [2.75, 3.05) is 40.4 Å². The molecule has 1 fully saturated rings. The lowest BCUT2D eigenvalue weighted by atomic mass is 10.1. The lowest BCUT2D eigenvalue weighted by Gasteiger charge is -2.24. The number of likely N-dealkylation sites (N-methyl/N-ethyl adjacent to an activating group) is 1. The maximum absolute atomic E-state index is 5.93. The summed E-state index contributed by atoms with van der Waals surface area (Å²) in [5, 5.41) is 3.36. The van der Waals surface area contributed by atoms with Crippen molar-refractivity contribution in [3.05, 3.63) is 29.8 Å². The number of hydrogen-bond donors (Lipinski definition) is 1. The van der Waals surface area contributed by atoms with E-state index in [0.29, 0.717) is 6.10 Å². The van der Waals surface area contributed by atoms with E-state index in [2.05, 4.69) is 29.4 Å². The van der Waals surface area contributed by atoms with Crippen LogP contribution in [0.25, 0.3) is 0 Å². The first-order valence-electron chi connectivity index (χ1n) is 7.41. The Labute approximate surface area is 122 Å². The smallest absolute Gasteiger partial charge is 0.119 e. The fraction of sp³-hybridized carbons (Fsp3) is 0.625. The molecule has 1 saturated heterocycles. The molecule has 0 bridgehead atoms. The zero-order chi connectivity index (χ0) is 14.2. The minimum Gasteiger partial charge on any atom is -0.497 e. The molecule has 0 aromatic heterocycles. The number of rotatable bonds is 7. The monoisotopic (exact) mass is 278 g/mol. The fourth-order valence-electron chi connectivity index (χ4n) is 2.50. The number of piperidine rings is 1. The number of methoxy groups -OCH3 is 1. The van der Waals surface area contributed by atoms with Crippen molar-refractivity contribution in [2.24, 2.45) is 0 Å². The summed E-state index contributed by atoms with van der Waals surface area (Å²) in [5.41, 5.74) is 1.27. The molecule has 0 unspecified atom stereocenters. The summed E-state index contributed by atoms with van der Waals surface area (Å²) in [4.78, 5) is 2.29. The van der Waals surface area contributed by atoms with Crippen LogP contribution in [0.2, 0.25) is 0 Å². The van der Waals surface area contributed by atoms with Crippen LogP contribution >= 0.6 is 0 Å². The van der Waals surface area contributed by atoms with E-state index >= 15 is 0 Å². The highest BCUT2D eigenvalue weighted by Crippen LogP contribution is 2.14. The summed E-state index contributed by atoms with van der Waals surface area (Å²) in [7, 11) is 3.83. The minimum absolute atomic E-state index is 0.446. The van der Waals surface area contributed by atoms with E-state index in [-0.39, 0.29) is 0 Å². The average molecular weight is 278 g/mol. The molecule has 0 spiro atoms. The van der Waals surface area contributed by atoms with Crippen molar-refractivity contribution < 1.29 is 9.47 Å². The van der Waals surface area contributed by atoms with Crippen LogP contribution in [-0.4, -0.2) is 51.4 Å². The molecule has 20 heavy (non-hydrogen) atoms. The Morgan fingerprint density at radius 1 is 1.30 bits per heavy atom. The van der Waals surface area contributed by atoms with E-state index in [1.54, 1.807) is 7.11 Å². The highest BCUT2D eigenvalue weighted by molar-refractivity contribution is 5.28. The standard InChI is InChI=1S/C16H26N2O2/c1-18(10-11-20-15-6-8-17-9-7-15)13-14-4-3-5-16(12-14)19-2/h3-5,12,15,17H,6-11,13H2,1-2H3. The number of nitrogens with one attached hydrogen (secondary N) is 1. The van der Waals surface area contributed by atoms with Gasteiger partial charge in [-0.2, -0.15) is 0 Å². The van der Waals surface area contributed by atoms with Crippen molar-refractivity contribution in [3.8, 4) is 5.75 Å². The molecule has 1 aromatic carbocycles. The topological polar surface area (TPSA) is 33.7 Å². The zero-order valence-corrected chi connectivity index (χ0v) is 12.6. The Bertz CT molecular complexity index is 392. The molecule has 0 atom stereocenters. The minimum atomic E-state index is 0.446. The second-order valence-corrected chi connectivity index (χ2v) is 5.41. The highest BCUT2D eigenvalue weighted by Gasteiger charge is 2.13. The largest absolute Gasteiger partial charge is 0.497 e. The summed E-state index contributed by atoms with van der Waals surface area (Å²) >= 11 is 0.